The van der Waals surface area contributed by atoms with E-state index < -0.39 is 9.84 Å². The summed E-state index contributed by atoms with van der Waals surface area (Å²) in [5.74, 6) is 0.981. The molecule has 0 heterocycles. The number of hydrogen-bond donors (Lipinski definition) is 1. The fourth-order valence-electron chi connectivity index (χ4n) is 3.74. The summed E-state index contributed by atoms with van der Waals surface area (Å²) in [6, 6.07) is 0.150. The Morgan fingerprint density at radius 2 is 1.85 bits per heavy atom. The van der Waals surface area contributed by atoms with E-state index in [1.54, 1.807) is 0 Å². The molecule has 3 nitrogen and oxygen atoms in total. The third-order valence-corrected chi connectivity index (χ3v) is 6.15. The SMILES string of the molecule is CC(CC(N)C1CCCC(S(C)(=O)=O)C1)CC(C)(C)C. The minimum Gasteiger partial charge on any atom is -0.327 e. The first-order valence-corrected chi connectivity index (χ1v) is 9.89. The summed E-state index contributed by atoms with van der Waals surface area (Å²) in [6.07, 6.45) is 7.23. The molecule has 0 amide bonds. The fourth-order valence-corrected chi connectivity index (χ4v) is 4.94. The first kappa shape index (κ1) is 18.0. The Kier molecular flexibility index (Phi) is 6.09. The zero-order valence-electron chi connectivity index (χ0n) is 13.9. The van der Waals surface area contributed by atoms with Gasteiger partial charge in [-0.05, 0) is 49.4 Å². The van der Waals surface area contributed by atoms with Crippen molar-refractivity contribution in [3.05, 3.63) is 0 Å². The Bertz CT molecular complexity index is 397. The van der Waals surface area contributed by atoms with Gasteiger partial charge in [0.1, 0.15) is 9.84 Å². The highest BCUT2D eigenvalue weighted by Crippen LogP contribution is 2.33. The van der Waals surface area contributed by atoms with Gasteiger partial charge in [-0.25, -0.2) is 8.42 Å². The van der Waals surface area contributed by atoms with Gasteiger partial charge in [-0.2, -0.15) is 0 Å². The van der Waals surface area contributed by atoms with Crippen LogP contribution in [0.4, 0.5) is 0 Å². The third kappa shape index (κ3) is 6.13. The molecule has 4 heteroatoms. The Hall–Kier alpha value is -0.0900. The van der Waals surface area contributed by atoms with Crippen LogP contribution < -0.4 is 5.73 Å². The summed E-state index contributed by atoms with van der Waals surface area (Å²) in [7, 11) is -2.91. The molecular formula is C16H33NO2S. The van der Waals surface area contributed by atoms with E-state index in [4.69, 9.17) is 5.73 Å². The van der Waals surface area contributed by atoms with Crippen LogP contribution in [0.1, 0.15) is 66.2 Å². The van der Waals surface area contributed by atoms with Crippen molar-refractivity contribution in [3.8, 4) is 0 Å². The fraction of sp³-hybridized carbons (Fsp3) is 1.00. The predicted molar refractivity (Wildman–Crippen MR) is 86.4 cm³/mol. The lowest BCUT2D eigenvalue weighted by Gasteiger charge is -2.34. The van der Waals surface area contributed by atoms with Crippen LogP contribution in [0.15, 0.2) is 0 Å². The van der Waals surface area contributed by atoms with Crippen molar-refractivity contribution in [1.82, 2.24) is 0 Å². The monoisotopic (exact) mass is 303 g/mol. The van der Waals surface area contributed by atoms with Crippen molar-refractivity contribution < 1.29 is 8.42 Å². The quantitative estimate of drug-likeness (QED) is 0.847. The number of hydrogen-bond acceptors (Lipinski definition) is 3. The molecule has 1 rings (SSSR count). The maximum atomic E-state index is 11.7. The molecule has 4 unspecified atom stereocenters. The lowest BCUT2D eigenvalue weighted by atomic mass is 9.77. The van der Waals surface area contributed by atoms with Gasteiger partial charge in [0.25, 0.3) is 0 Å². The Morgan fingerprint density at radius 1 is 1.25 bits per heavy atom. The van der Waals surface area contributed by atoms with Gasteiger partial charge in [-0.1, -0.05) is 34.1 Å². The molecule has 120 valence electrons. The van der Waals surface area contributed by atoms with E-state index in [9.17, 15) is 8.42 Å². The highest BCUT2D eigenvalue weighted by atomic mass is 32.2. The number of sulfone groups is 1. The van der Waals surface area contributed by atoms with Gasteiger partial charge >= 0.3 is 0 Å². The molecule has 0 aliphatic heterocycles. The summed E-state index contributed by atoms with van der Waals surface area (Å²) in [5, 5.41) is -0.162. The normalized spacial score (nSPS) is 28.1. The third-order valence-electron chi connectivity index (χ3n) is 4.51. The average molecular weight is 304 g/mol. The van der Waals surface area contributed by atoms with Gasteiger partial charge in [-0.3, -0.25) is 0 Å². The van der Waals surface area contributed by atoms with Gasteiger partial charge in [0, 0.05) is 12.3 Å². The minimum atomic E-state index is -2.91. The van der Waals surface area contributed by atoms with Crippen LogP contribution in [-0.4, -0.2) is 26.0 Å². The van der Waals surface area contributed by atoms with Gasteiger partial charge in [0.05, 0.1) is 5.25 Å². The smallest absolute Gasteiger partial charge is 0.150 e. The van der Waals surface area contributed by atoms with E-state index in [2.05, 4.69) is 27.7 Å². The maximum Gasteiger partial charge on any atom is 0.150 e. The van der Waals surface area contributed by atoms with E-state index in [1.165, 1.54) is 12.7 Å². The molecule has 0 saturated heterocycles. The largest absolute Gasteiger partial charge is 0.327 e. The van der Waals surface area contributed by atoms with Crippen LogP contribution in [-0.2, 0) is 9.84 Å². The second-order valence-electron chi connectivity index (χ2n) is 8.15. The van der Waals surface area contributed by atoms with Crippen LogP contribution in [0.2, 0.25) is 0 Å². The molecule has 4 atom stereocenters. The molecule has 1 fully saturated rings. The summed E-state index contributed by atoms with van der Waals surface area (Å²) >= 11 is 0. The van der Waals surface area contributed by atoms with Gasteiger partial charge in [-0.15, -0.1) is 0 Å². The van der Waals surface area contributed by atoms with Crippen molar-refractivity contribution in [2.75, 3.05) is 6.26 Å². The Balaban J connectivity index is 2.53. The zero-order valence-corrected chi connectivity index (χ0v) is 14.7. The van der Waals surface area contributed by atoms with Crippen molar-refractivity contribution >= 4 is 9.84 Å². The van der Waals surface area contributed by atoms with Crippen LogP contribution in [0, 0.1) is 17.3 Å². The molecule has 0 aromatic carbocycles. The molecule has 1 aliphatic carbocycles. The first-order chi connectivity index (χ1) is 8.99. The molecule has 1 aliphatic rings. The Labute approximate surface area is 125 Å². The minimum absolute atomic E-state index is 0.150. The van der Waals surface area contributed by atoms with Crippen molar-refractivity contribution in [2.24, 2.45) is 23.0 Å². The van der Waals surface area contributed by atoms with Crippen molar-refractivity contribution in [1.29, 1.82) is 0 Å². The molecule has 2 N–H and O–H groups in total. The Morgan fingerprint density at radius 3 is 2.35 bits per heavy atom. The molecule has 20 heavy (non-hydrogen) atoms. The van der Waals surface area contributed by atoms with E-state index in [-0.39, 0.29) is 11.3 Å². The molecule has 0 aromatic rings. The van der Waals surface area contributed by atoms with Gasteiger partial charge < -0.3 is 5.73 Å². The summed E-state index contributed by atoms with van der Waals surface area (Å²) in [4.78, 5) is 0. The topological polar surface area (TPSA) is 60.2 Å². The molecule has 0 bridgehead atoms. The van der Waals surface area contributed by atoms with Crippen LogP contribution >= 0.6 is 0 Å². The van der Waals surface area contributed by atoms with Gasteiger partial charge in [0.15, 0.2) is 0 Å². The summed E-state index contributed by atoms with van der Waals surface area (Å²) in [6.45, 7) is 9.04. The van der Waals surface area contributed by atoms with Gasteiger partial charge in [0.2, 0.25) is 0 Å². The lowest BCUT2D eigenvalue weighted by Crippen LogP contribution is -2.38. The van der Waals surface area contributed by atoms with Crippen molar-refractivity contribution in [3.63, 3.8) is 0 Å². The summed E-state index contributed by atoms with van der Waals surface area (Å²) in [5.41, 5.74) is 6.71. The first-order valence-electron chi connectivity index (χ1n) is 7.93. The average Bonchev–Trinajstić information content (AvgIpc) is 2.25. The standard InChI is InChI=1S/C16H33NO2S/c1-12(11-16(2,3)4)9-15(17)13-7-6-8-14(10-13)20(5,18)19/h12-15H,6-11,17H2,1-5H3. The highest BCUT2D eigenvalue weighted by Gasteiger charge is 2.32. The number of nitrogens with two attached hydrogens (primary N) is 1. The van der Waals surface area contributed by atoms with Crippen LogP contribution in [0.25, 0.3) is 0 Å². The molecule has 0 aromatic heterocycles. The second-order valence-corrected chi connectivity index (χ2v) is 10.5. The zero-order chi connectivity index (χ0) is 15.6. The lowest BCUT2D eigenvalue weighted by molar-refractivity contribution is 0.237. The van der Waals surface area contributed by atoms with Crippen LogP contribution in [0.5, 0.6) is 0 Å². The van der Waals surface area contributed by atoms with E-state index >= 15 is 0 Å². The maximum absolute atomic E-state index is 11.7. The number of rotatable bonds is 5. The van der Waals surface area contributed by atoms with E-state index in [1.807, 2.05) is 0 Å². The predicted octanol–water partition coefficient (Wildman–Crippen LogP) is 3.38. The van der Waals surface area contributed by atoms with Crippen molar-refractivity contribution in [2.45, 2.75) is 77.5 Å². The van der Waals surface area contributed by atoms with E-state index in [0.717, 1.165) is 32.1 Å². The molecule has 0 spiro atoms. The second kappa shape index (κ2) is 6.78. The van der Waals surface area contributed by atoms with E-state index in [0.29, 0.717) is 17.3 Å². The molecule has 1 saturated carbocycles. The molecule has 0 radical (unpaired) electrons. The summed E-state index contributed by atoms with van der Waals surface area (Å²) < 4.78 is 23.4. The highest BCUT2D eigenvalue weighted by molar-refractivity contribution is 7.91. The molecular weight excluding hydrogens is 270 g/mol. The van der Waals surface area contributed by atoms with Crippen LogP contribution in [0.3, 0.4) is 0 Å².